The van der Waals surface area contributed by atoms with Crippen molar-refractivity contribution in [2.24, 2.45) is 5.92 Å². The van der Waals surface area contributed by atoms with E-state index in [0.717, 1.165) is 5.69 Å². The van der Waals surface area contributed by atoms with E-state index in [-0.39, 0.29) is 12.0 Å². The van der Waals surface area contributed by atoms with Crippen LogP contribution in [0.3, 0.4) is 0 Å². The molecule has 1 aromatic heterocycles. The highest BCUT2D eigenvalue weighted by Crippen LogP contribution is 2.25. The molecule has 1 aromatic rings. The van der Waals surface area contributed by atoms with Gasteiger partial charge in [-0.15, -0.1) is 0 Å². The number of piperidine rings is 1. The van der Waals surface area contributed by atoms with Gasteiger partial charge in [0.05, 0.1) is 5.92 Å². The Morgan fingerprint density at radius 2 is 2.35 bits per heavy atom. The van der Waals surface area contributed by atoms with Crippen molar-refractivity contribution in [2.45, 2.75) is 32.7 Å². The monoisotopic (exact) mass is 235 g/mol. The molecule has 2 atom stereocenters. The van der Waals surface area contributed by atoms with E-state index in [2.05, 4.69) is 14.9 Å². The van der Waals surface area contributed by atoms with E-state index in [1.165, 1.54) is 0 Å². The van der Waals surface area contributed by atoms with Crippen molar-refractivity contribution in [2.75, 3.05) is 11.4 Å². The summed E-state index contributed by atoms with van der Waals surface area (Å²) >= 11 is 0. The highest BCUT2D eigenvalue weighted by molar-refractivity contribution is 5.70. The molecule has 0 radical (unpaired) electrons. The molecule has 0 saturated carbocycles. The second kappa shape index (κ2) is 4.69. The van der Waals surface area contributed by atoms with Gasteiger partial charge in [0.1, 0.15) is 0 Å². The number of aromatic nitrogens is 2. The molecule has 17 heavy (non-hydrogen) atoms. The number of aryl methyl sites for hydroxylation is 1. The van der Waals surface area contributed by atoms with Crippen molar-refractivity contribution in [3.8, 4) is 0 Å². The maximum Gasteiger partial charge on any atom is 0.306 e. The van der Waals surface area contributed by atoms with Crippen LogP contribution in [-0.2, 0) is 4.79 Å². The van der Waals surface area contributed by atoms with Gasteiger partial charge in [0.25, 0.3) is 0 Å². The molecule has 1 saturated heterocycles. The van der Waals surface area contributed by atoms with Crippen LogP contribution in [0.25, 0.3) is 0 Å². The third kappa shape index (κ3) is 2.54. The predicted octanol–water partition coefficient (Wildman–Crippen LogP) is 1.47. The molecular weight excluding hydrogens is 218 g/mol. The smallest absolute Gasteiger partial charge is 0.306 e. The summed E-state index contributed by atoms with van der Waals surface area (Å²) in [5.41, 5.74) is 0.933. The second-order valence-corrected chi connectivity index (χ2v) is 4.60. The molecule has 2 heterocycles. The van der Waals surface area contributed by atoms with Crippen LogP contribution >= 0.6 is 0 Å². The lowest BCUT2D eigenvalue weighted by molar-refractivity contribution is -0.142. The minimum absolute atomic E-state index is 0.173. The summed E-state index contributed by atoms with van der Waals surface area (Å²) in [6.45, 7) is 4.67. The molecule has 5 heteroatoms. The zero-order valence-corrected chi connectivity index (χ0v) is 10.1. The average Bonchev–Trinajstić information content (AvgIpc) is 2.28. The number of carbonyl (C=O) groups is 1. The van der Waals surface area contributed by atoms with Crippen LogP contribution in [0.2, 0.25) is 0 Å². The number of hydrogen-bond acceptors (Lipinski definition) is 4. The normalized spacial score (nSPS) is 24.7. The first-order chi connectivity index (χ1) is 8.08. The van der Waals surface area contributed by atoms with E-state index in [0.29, 0.717) is 25.3 Å². The Morgan fingerprint density at radius 3 is 2.94 bits per heavy atom. The van der Waals surface area contributed by atoms with Gasteiger partial charge in [-0.2, -0.15) is 0 Å². The Kier molecular flexibility index (Phi) is 3.26. The Balaban J connectivity index is 2.12. The minimum Gasteiger partial charge on any atom is -0.481 e. The second-order valence-electron chi connectivity index (χ2n) is 4.60. The lowest BCUT2D eigenvalue weighted by atomic mass is 9.92. The van der Waals surface area contributed by atoms with E-state index >= 15 is 0 Å². The largest absolute Gasteiger partial charge is 0.481 e. The van der Waals surface area contributed by atoms with Crippen molar-refractivity contribution in [1.82, 2.24) is 9.97 Å². The molecule has 0 aromatic carbocycles. The fraction of sp³-hybridized carbons (Fsp3) is 0.583. The van der Waals surface area contributed by atoms with Gasteiger partial charge >= 0.3 is 5.97 Å². The zero-order valence-electron chi connectivity index (χ0n) is 10.1. The third-order valence-corrected chi connectivity index (χ3v) is 3.26. The summed E-state index contributed by atoms with van der Waals surface area (Å²) in [6.07, 6.45) is 3.07. The van der Waals surface area contributed by atoms with E-state index < -0.39 is 5.97 Å². The molecule has 5 nitrogen and oxygen atoms in total. The molecule has 0 aliphatic carbocycles. The Labute approximate surface area is 100 Å². The van der Waals surface area contributed by atoms with Gasteiger partial charge in [-0.05, 0) is 32.8 Å². The topological polar surface area (TPSA) is 66.3 Å². The van der Waals surface area contributed by atoms with Gasteiger partial charge in [-0.1, -0.05) is 0 Å². The van der Waals surface area contributed by atoms with E-state index in [1.54, 1.807) is 6.20 Å². The number of anilines is 1. The summed E-state index contributed by atoms with van der Waals surface area (Å²) in [7, 11) is 0. The summed E-state index contributed by atoms with van der Waals surface area (Å²) in [4.78, 5) is 21.7. The number of nitrogens with zero attached hydrogens (tertiary/aromatic N) is 3. The molecule has 92 valence electrons. The van der Waals surface area contributed by atoms with Crippen LogP contribution in [0.4, 0.5) is 5.95 Å². The Bertz CT molecular complexity index is 422. The van der Waals surface area contributed by atoms with E-state index in [4.69, 9.17) is 5.11 Å². The lowest BCUT2D eigenvalue weighted by Gasteiger charge is -2.36. The maximum atomic E-state index is 10.9. The first kappa shape index (κ1) is 11.8. The molecule has 2 rings (SSSR count). The van der Waals surface area contributed by atoms with Crippen LogP contribution in [-0.4, -0.2) is 33.6 Å². The summed E-state index contributed by atoms with van der Waals surface area (Å²) in [5.74, 6) is -0.214. The van der Waals surface area contributed by atoms with Crippen molar-refractivity contribution in [3.05, 3.63) is 18.0 Å². The third-order valence-electron chi connectivity index (χ3n) is 3.26. The standard InChI is InChI=1S/C12H17N3O2/c1-8-3-5-13-12(14-8)15-6-4-10(11(16)17)7-9(15)2/h3,5,9-10H,4,6-7H2,1-2H3,(H,16,17). The molecular formula is C12H17N3O2. The molecule has 0 amide bonds. The maximum absolute atomic E-state index is 10.9. The number of carboxylic acids is 1. The number of carboxylic acid groups (broad SMARTS) is 1. The molecule has 1 aliphatic heterocycles. The molecule has 2 unspecified atom stereocenters. The SMILES string of the molecule is Cc1ccnc(N2CCC(C(=O)O)CC2C)n1. The summed E-state index contributed by atoms with van der Waals surface area (Å²) < 4.78 is 0. The fourth-order valence-electron chi connectivity index (χ4n) is 2.27. The molecule has 1 fully saturated rings. The highest BCUT2D eigenvalue weighted by Gasteiger charge is 2.30. The van der Waals surface area contributed by atoms with Crippen LogP contribution < -0.4 is 4.90 Å². The number of rotatable bonds is 2. The van der Waals surface area contributed by atoms with Gasteiger partial charge < -0.3 is 10.0 Å². The Hall–Kier alpha value is -1.65. The first-order valence-corrected chi connectivity index (χ1v) is 5.87. The van der Waals surface area contributed by atoms with Crippen LogP contribution in [0, 0.1) is 12.8 Å². The van der Waals surface area contributed by atoms with Gasteiger partial charge in [0, 0.05) is 24.5 Å². The molecule has 0 spiro atoms. The van der Waals surface area contributed by atoms with Crippen LogP contribution in [0.1, 0.15) is 25.5 Å². The van der Waals surface area contributed by atoms with Crippen molar-refractivity contribution < 1.29 is 9.90 Å². The van der Waals surface area contributed by atoms with Gasteiger partial charge in [-0.25, -0.2) is 9.97 Å². The van der Waals surface area contributed by atoms with E-state index in [1.807, 2.05) is 19.9 Å². The number of aliphatic carboxylic acids is 1. The van der Waals surface area contributed by atoms with E-state index in [9.17, 15) is 4.79 Å². The highest BCUT2D eigenvalue weighted by atomic mass is 16.4. The van der Waals surface area contributed by atoms with Crippen molar-refractivity contribution in [3.63, 3.8) is 0 Å². The zero-order chi connectivity index (χ0) is 12.4. The summed E-state index contributed by atoms with van der Waals surface area (Å²) in [6, 6.07) is 2.03. The van der Waals surface area contributed by atoms with Crippen molar-refractivity contribution in [1.29, 1.82) is 0 Å². The fourth-order valence-corrected chi connectivity index (χ4v) is 2.27. The average molecular weight is 235 g/mol. The van der Waals surface area contributed by atoms with Crippen molar-refractivity contribution >= 4 is 11.9 Å². The first-order valence-electron chi connectivity index (χ1n) is 5.87. The minimum atomic E-state index is -0.693. The molecule has 1 aliphatic rings. The quantitative estimate of drug-likeness (QED) is 0.841. The molecule has 1 N–H and O–H groups in total. The van der Waals surface area contributed by atoms with Gasteiger partial charge in [0.2, 0.25) is 5.95 Å². The van der Waals surface area contributed by atoms with Gasteiger partial charge in [-0.3, -0.25) is 4.79 Å². The lowest BCUT2D eigenvalue weighted by Crippen LogP contribution is -2.43. The number of hydrogen-bond donors (Lipinski definition) is 1. The molecule has 0 bridgehead atoms. The predicted molar refractivity (Wildman–Crippen MR) is 63.9 cm³/mol. The van der Waals surface area contributed by atoms with Crippen LogP contribution in [0.15, 0.2) is 12.3 Å². The van der Waals surface area contributed by atoms with Gasteiger partial charge in [0.15, 0.2) is 0 Å². The summed E-state index contributed by atoms with van der Waals surface area (Å²) in [5, 5.41) is 9.01. The Morgan fingerprint density at radius 1 is 1.59 bits per heavy atom. The van der Waals surface area contributed by atoms with Crippen LogP contribution in [0.5, 0.6) is 0 Å².